The molecule has 0 atom stereocenters. The summed E-state index contributed by atoms with van der Waals surface area (Å²) in [6, 6.07) is 0. The van der Waals surface area contributed by atoms with Crippen molar-refractivity contribution in [1.29, 1.82) is 0 Å². The molecule has 0 aromatic carbocycles. The van der Waals surface area contributed by atoms with Gasteiger partial charge in [-0.25, -0.2) is 4.79 Å². The predicted octanol–water partition coefficient (Wildman–Crippen LogP) is -0.140. The summed E-state index contributed by atoms with van der Waals surface area (Å²) in [5.41, 5.74) is 0. The maximum Gasteiger partial charge on any atom is 0.329 e. The molecule has 0 fully saturated rings. The first-order valence-electron chi connectivity index (χ1n) is 4.32. The number of nitrogens with zero attached hydrogens (tertiary/aromatic N) is 2. The third kappa shape index (κ3) is 4.52. The Morgan fingerprint density at radius 1 is 1.60 bits per heavy atom. The van der Waals surface area contributed by atoms with Crippen molar-refractivity contribution < 1.29 is 23.9 Å². The maximum absolute atomic E-state index is 10.1. The van der Waals surface area contributed by atoms with E-state index in [0.717, 1.165) is 0 Å². The molecular weight excluding hydrogens is 204 g/mol. The molecule has 7 heteroatoms. The van der Waals surface area contributed by atoms with Crippen molar-refractivity contribution in [3.63, 3.8) is 0 Å². The van der Waals surface area contributed by atoms with E-state index in [9.17, 15) is 4.79 Å². The molecule has 0 saturated carbocycles. The molecule has 15 heavy (non-hydrogen) atoms. The molecule has 0 saturated heterocycles. The highest BCUT2D eigenvalue weighted by Gasteiger charge is 2.06. The van der Waals surface area contributed by atoms with Gasteiger partial charge >= 0.3 is 5.97 Å². The van der Waals surface area contributed by atoms with E-state index in [0.29, 0.717) is 18.9 Å². The maximum atomic E-state index is 10.1. The topological polar surface area (TPSA) is 94.7 Å². The largest absolute Gasteiger partial charge is 0.480 e. The van der Waals surface area contributed by atoms with Gasteiger partial charge in [-0.2, -0.15) is 4.98 Å². The fraction of sp³-hybridized carbons (Fsp3) is 0.625. The molecule has 1 rings (SSSR count). The zero-order valence-electron chi connectivity index (χ0n) is 8.30. The second kappa shape index (κ2) is 6.10. The van der Waals surface area contributed by atoms with Gasteiger partial charge in [0.1, 0.15) is 13.2 Å². The fourth-order valence-corrected chi connectivity index (χ4v) is 0.869. The predicted molar refractivity (Wildman–Crippen MR) is 47.2 cm³/mol. The SMILES string of the molecule is COCCc1noc(COCC(=O)O)n1. The van der Waals surface area contributed by atoms with Crippen LogP contribution in [0.25, 0.3) is 0 Å². The standard InChI is InChI=1S/C8H12N2O5/c1-13-3-2-6-9-7(15-10-6)4-14-5-8(11)12/h2-5H2,1H3,(H,11,12). The van der Waals surface area contributed by atoms with Crippen LogP contribution in [0.15, 0.2) is 4.52 Å². The van der Waals surface area contributed by atoms with Crippen LogP contribution in [0.5, 0.6) is 0 Å². The second-order valence-corrected chi connectivity index (χ2v) is 2.73. The van der Waals surface area contributed by atoms with Crippen LogP contribution in [0, 0.1) is 0 Å². The molecule has 0 radical (unpaired) electrons. The monoisotopic (exact) mass is 216 g/mol. The van der Waals surface area contributed by atoms with Crippen molar-refractivity contribution in [2.45, 2.75) is 13.0 Å². The molecular formula is C8H12N2O5. The minimum atomic E-state index is -1.03. The third-order valence-electron chi connectivity index (χ3n) is 1.49. The van der Waals surface area contributed by atoms with E-state index in [1.165, 1.54) is 0 Å². The molecule has 1 aromatic heterocycles. The molecule has 0 bridgehead atoms. The summed E-state index contributed by atoms with van der Waals surface area (Å²) in [5, 5.41) is 12.0. The van der Waals surface area contributed by atoms with E-state index in [2.05, 4.69) is 10.1 Å². The first-order valence-corrected chi connectivity index (χ1v) is 4.32. The van der Waals surface area contributed by atoms with E-state index in [1.807, 2.05) is 0 Å². The molecule has 0 spiro atoms. The average Bonchev–Trinajstić information content (AvgIpc) is 2.62. The van der Waals surface area contributed by atoms with Crippen molar-refractivity contribution >= 4 is 5.97 Å². The van der Waals surface area contributed by atoms with Gasteiger partial charge in [-0.15, -0.1) is 0 Å². The van der Waals surface area contributed by atoms with Crippen LogP contribution in [0.2, 0.25) is 0 Å². The lowest BCUT2D eigenvalue weighted by Crippen LogP contribution is -2.06. The Labute approximate surface area is 86.0 Å². The summed E-state index contributed by atoms with van der Waals surface area (Å²) >= 11 is 0. The molecule has 1 N–H and O–H groups in total. The number of rotatable bonds is 7. The molecule has 0 aliphatic carbocycles. The van der Waals surface area contributed by atoms with Gasteiger partial charge < -0.3 is 19.1 Å². The summed E-state index contributed by atoms with van der Waals surface area (Å²) in [7, 11) is 1.58. The highest BCUT2D eigenvalue weighted by atomic mass is 16.5. The smallest absolute Gasteiger partial charge is 0.329 e. The summed E-state index contributed by atoms with van der Waals surface area (Å²) < 4.78 is 14.4. The van der Waals surface area contributed by atoms with E-state index in [-0.39, 0.29) is 19.1 Å². The number of hydrogen-bond donors (Lipinski definition) is 1. The van der Waals surface area contributed by atoms with Crippen molar-refractivity contribution in [3.8, 4) is 0 Å². The van der Waals surface area contributed by atoms with Crippen LogP contribution in [-0.4, -0.2) is 41.5 Å². The second-order valence-electron chi connectivity index (χ2n) is 2.73. The lowest BCUT2D eigenvalue weighted by atomic mass is 10.4. The van der Waals surface area contributed by atoms with Gasteiger partial charge in [0.15, 0.2) is 5.82 Å². The van der Waals surface area contributed by atoms with E-state index < -0.39 is 5.97 Å². The number of carbonyl (C=O) groups is 1. The number of carboxylic acid groups (broad SMARTS) is 1. The molecule has 0 unspecified atom stereocenters. The van der Waals surface area contributed by atoms with Gasteiger partial charge in [-0.3, -0.25) is 0 Å². The fourth-order valence-electron chi connectivity index (χ4n) is 0.869. The number of aromatic nitrogens is 2. The van der Waals surface area contributed by atoms with Crippen molar-refractivity contribution in [2.24, 2.45) is 0 Å². The number of hydrogen-bond acceptors (Lipinski definition) is 6. The molecule has 0 aliphatic heterocycles. The van der Waals surface area contributed by atoms with Gasteiger partial charge in [0.25, 0.3) is 5.89 Å². The van der Waals surface area contributed by atoms with Crippen LogP contribution in [0.1, 0.15) is 11.7 Å². The van der Waals surface area contributed by atoms with Gasteiger partial charge in [-0.1, -0.05) is 5.16 Å². The Hall–Kier alpha value is -1.47. The minimum Gasteiger partial charge on any atom is -0.480 e. The molecule has 0 aliphatic rings. The summed E-state index contributed by atoms with van der Waals surface area (Å²) in [6.45, 7) is 0.136. The first-order chi connectivity index (χ1) is 7.22. The van der Waals surface area contributed by atoms with Crippen molar-refractivity contribution in [2.75, 3.05) is 20.3 Å². The molecule has 1 aromatic rings. The van der Waals surface area contributed by atoms with Crippen molar-refractivity contribution in [1.82, 2.24) is 10.1 Å². The zero-order chi connectivity index (χ0) is 11.1. The van der Waals surface area contributed by atoms with Crippen LogP contribution < -0.4 is 0 Å². The third-order valence-corrected chi connectivity index (χ3v) is 1.49. The Morgan fingerprint density at radius 2 is 2.40 bits per heavy atom. The number of carboxylic acids is 1. The lowest BCUT2D eigenvalue weighted by Gasteiger charge is -1.94. The van der Waals surface area contributed by atoms with Gasteiger partial charge in [0.2, 0.25) is 0 Å². The van der Waals surface area contributed by atoms with E-state index in [4.69, 9.17) is 19.1 Å². The minimum absolute atomic E-state index is 0.00623. The number of methoxy groups -OCH3 is 1. The molecule has 7 nitrogen and oxygen atoms in total. The molecule has 0 amide bonds. The van der Waals surface area contributed by atoms with E-state index >= 15 is 0 Å². The molecule has 84 valence electrons. The summed E-state index contributed by atoms with van der Waals surface area (Å²) in [5.74, 6) is -0.248. The van der Waals surface area contributed by atoms with Crippen LogP contribution in [-0.2, 0) is 27.3 Å². The number of aliphatic carboxylic acids is 1. The summed E-state index contributed by atoms with van der Waals surface area (Å²) in [6.07, 6.45) is 0.554. The van der Waals surface area contributed by atoms with Gasteiger partial charge in [0.05, 0.1) is 6.61 Å². The van der Waals surface area contributed by atoms with Crippen LogP contribution in [0.3, 0.4) is 0 Å². The number of ether oxygens (including phenoxy) is 2. The van der Waals surface area contributed by atoms with E-state index in [1.54, 1.807) is 7.11 Å². The highest BCUT2D eigenvalue weighted by Crippen LogP contribution is 2.00. The Bertz CT molecular complexity index is 312. The first kappa shape index (κ1) is 11.6. The summed E-state index contributed by atoms with van der Waals surface area (Å²) in [4.78, 5) is 14.1. The Kier molecular flexibility index (Phi) is 4.72. The van der Waals surface area contributed by atoms with Gasteiger partial charge in [0, 0.05) is 13.5 Å². The van der Waals surface area contributed by atoms with Gasteiger partial charge in [-0.05, 0) is 0 Å². The Morgan fingerprint density at radius 3 is 3.07 bits per heavy atom. The van der Waals surface area contributed by atoms with Crippen LogP contribution >= 0.6 is 0 Å². The quantitative estimate of drug-likeness (QED) is 0.677. The van der Waals surface area contributed by atoms with Crippen molar-refractivity contribution in [3.05, 3.63) is 11.7 Å². The van der Waals surface area contributed by atoms with Crippen LogP contribution in [0.4, 0.5) is 0 Å². The zero-order valence-corrected chi connectivity index (χ0v) is 8.30. The molecule has 1 heterocycles. The lowest BCUT2D eigenvalue weighted by molar-refractivity contribution is -0.142. The normalized spacial score (nSPS) is 10.5. The average molecular weight is 216 g/mol. The highest BCUT2D eigenvalue weighted by molar-refractivity contribution is 5.67. The Balaban J connectivity index is 2.29.